The van der Waals surface area contributed by atoms with E-state index in [1.54, 1.807) is 35.1 Å². The lowest BCUT2D eigenvalue weighted by Gasteiger charge is -2.18. The Labute approximate surface area is 133 Å². The predicted octanol–water partition coefficient (Wildman–Crippen LogP) is 1.50. The Balaban J connectivity index is 2.81. The SMILES string of the molecule is CC(C)C(=O)NC(Cc1ccccc1)C(=O)NS(=O)I. The number of hydrogen-bond acceptors (Lipinski definition) is 3. The summed E-state index contributed by atoms with van der Waals surface area (Å²) in [5, 5.41) is 2.68. The van der Waals surface area contributed by atoms with E-state index < -0.39 is 20.1 Å². The van der Waals surface area contributed by atoms with Gasteiger partial charge in [-0.15, -0.1) is 0 Å². The first-order valence-corrected chi connectivity index (χ1v) is 9.82. The minimum atomic E-state index is -1.48. The number of rotatable bonds is 6. The van der Waals surface area contributed by atoms with Gasteiger partial charge in [-0.05, 0) is 5.56 Å². The molecule has 2 atom stereocenters. The second-order valence-corrected chi connectivity index (χ2v) is 7.65. The van der Waals surface area contributed by atoms with Gasteiger partial charge >= 0.3 is 0 Å². The zero-order chi connectivity index (χ0) is 15.1. The zero-order valence-corrected chi connectivity index (χ0v) is 14.2. The fraction of sp³-hybridized carbons (Fsp3) is 0.385. The summed E-state index contributed by atoms with van der Waals surface area (Å²) in [6.07, 6.45) is 0.360. The van der Waals surface area contributed by atoms with E-state index >= 15 is 0 Å². The van der Waals surface area contributed by atoms with Gasteiger partial charge in [-0.25, -0.2) is 4.21 Å². The molecule has 0 saturated carbocycles. The van der Waals surface area contributed by atoms with Crippen molar-refractivity contribution in [2.24, 2.45) is 5.92 Å². The summed E-state index contributed by atoms with van der Waals surface area (Å²) >= 11 is 1.60. The van der Waals surface area contributed by atoms with Crippen LogP contribution < -0.4 is 10.0 Å². The highest BCUT2D eigenvalue weighted by Crippen LogP contribution is 2.05. The third-order valence-corrected chi connectivity index (χ3v) is 3.64. The minimum Gasteiger partial charge on any atom is -0.344 e. The van der Waals surface area contributed by atoms with E-state index in [-0.39, 0.29) is 11.8 Å². The summed E-state index contributed by atoms with van der Waals surface area (Å²) < 4.78 is 13.4. The van der Waals surface area contributed by atoms with E-state index in [0.717, 1.165) is 5.56 Å². The Kier molecular flexibility index (Phi) is 7.14. The van der Waals surface area contributed by atoms with Crippen LogP contribution in [0.2, 0.25) is 0 Å². The molecule has 2 amide bonds. The maximum absolute atomic E-state index is 12.0. The van der Waals surface area contributed by atoms with Crippen LogP contribution in [-0.4, -0.2) is 22.1 Å². The molecule has 0 bridgehead atoms. The molecule has 1 aromatic carbocycles. The number of benzene rings is 1. The summed E-state index contributed by atoms with van der Waals surface area (Å²) in [7, 11) is -1.48. The number of halogens is 1. The Hall–Kier alpha value is -0.960. The van der Waals surface area contributed by atoms with Crippen molar-refractivity contribution in [1.29, 1.82) is 0 Å². The van der Waals surface area contributed by atoms with Crippen LogP contribution in [0.1, 0.15) is 19.4 Å². The molecule has 0 aromatic heterocycles. The summed E-state index contributed by atoms with van der Waals surface area (Å²) in [5.41, 5.74) is 0.927. The maximum Gasteiger partial charge on any atom is 0.255 e. The smallest absolute Gasteiger partial charge is 0.255 e. The van der Waals surface area contributed by atoms with Crippen LogP contribution in [-0.2, 0) is 24.2 Å². The van der Waals surface area contributed by atoms with Gasteiger partial charge in [0.2, 0.25) is 5.91 Å². The van der Waals surface area contributed by atoms with E-state index in [1.807, 2.05) is 30.3 Å². The zero-order valence-electron chi connectivity index (χ0n) is 11.3. The molecular formula is C13H17IN2O3S. The Morgan fingerprint density at radius 1 is 1.20 bits per heavy atom. The molecule has 2 unspecified atom stereocenters. The van der Waals surface area contributed by atoms with E-state index in [2.05, 4.69) is 10.0 Å². The monoisotopic (exact) mass is 408 g/mol. The molecular weight excluding hydrogens is 391 g/mol. The number of carbonyl (C=O) groups is 2. The van der Waals surface area contributed by atoms with E-state index in [1.165, 1.54) is 0 Å². The fourth-order valence-corrected chi connectivity index (χ4v) is 2.50. The van der Waals surface area contributed by atoms with Gasteiger partial charge < -0.3 is 5.32 Å². The number of amides is 2. The van der Waals surface area contributed by atoms with Gasteiger partial charge in [0.05, 0.1) is 21.2 Å². The number of nitrogens with one attached hydrogen (secondary N) is 2. The van der Waals surface area contributed by atoms with Crippen molar-refractivity contribution in [2.75, 3.05) is 0 Å². The van der Waals surface area contributed by atoms with Crippen LogP contribution in [0.25, 0.3) is 0 Å². The van der Waals surface area contributed by atoms with Crippen molar-refractivity contribution >= 4 is 41.2 Å². The highest BCUT2D eigenvalue weighted by molar-refractivity contribution is 14.2. The standard InChI is InChI=1S/C13H17IN2O3S/c1-9(2)12(17)15-11(13(18)16-20(14)19)8-10-6-4-3-5-7-10/h3-7,9,11H,8H2,1-2H3,(H,15,17)(H,16,18). The fourth-order valence-electron chi connectivity index (χ4n) is 1.55. The Morgan fingerprint density at radius 3 is 2.30 bits per heavy atom. The van der Waals surface area contributed by atoms with Crippen LogP contribution in [0.5, 0.6) is 0 Å². The molecule has 0 aliphatic carbocycles. The molecule has 2 N–H and O–H groups in total. The first-order valence-electron chi connectivity index (χ1n) is 6.13. The van der Waals surface area contributed by atoms with Gasteiger partial charge in [0, 0.05) is 12.3 Å². The van der Waals surface area contributed by atoms with Crippen molar-refractivity contribution in [1.82, 2.24) is 10.0 Å². The van der Waals surface area contributed by atoms with Crippen molar-refractivity contribution in [3.8, 4) is 0 Å². The second kappa shape index (κ2) is 8.35. The van der Waals surface area contributed by atoms with E-state index in [9.17, 15) is 13.8 Å². The lowest BCUT2D eigenvalue weighted by Crippen LogP contribution is -2.48. The summed E-state index contributed by atoms with van der Waals surface area (Å²) in [6.45, 7) is 3.51. The van der Waals surface area contributed by atoms with Gasteiger partial charge in [-0.2, -0.15) is 0 Å². The second-order valence-electron chi connectivity index (χ2n) is 4.60. The highest BCUT2D eigenvalue weighted by atomic mass is 127. The van der Waals surface area contributed by atoms with Gasteiger partial charge in [-0.1, -0.05) is 44.2 Å². The largest absolute Gasteiger partial charge is 0.344 e. The molecule has 0 fully saturated rings. The first-order chi connectivity index (χ1) is 9.40. The number of hydrogen-bond donors (Lipinski definition) is 2. The third kappa shape index (κ3) is 6.00. The highest BCUT2D eigenvalue weighted by Gasteiger charge is 2.23. The first kappa shape index (κ1) is 17.1. The van der Waals surface area contributed by atoms with Crippen LogP contribution in [0, 0.1) is 5.92 Å². The molecule has 110 valence electrons. The van der Waals surface area contributed by atoms with Crippen molar-refractivity contribution in [2.45, 2.75) is 26.3 Å². The molecule has 0 aliphatic rings. The lowest BCUT2D eigenvalue weighted by molar-refractivity contribution is -0.129. The van der Waals surface area contributed by atoms with Crippen molar-refractivity contribution in [3.05, 3.63) is 35.9 Å². The van der Waals surface area contributed by atoms with E-state index in [4.69, 9.17) is 0 Å². The van der Waals surface area contributed by atoms with Gasteiger partial charge in [0.25, 0.3) is 5.91 Å². The molecule has 0 radical (unpaired) electrons. The maximum atomic E-state index is 12.0. The molecule has 0 heterocycles. The van der Waals surface area contributed by atoms with Gasteiger partial charge in [0.15, 0.2) is 8.16 Å². The van der Waals surface area contributed by atoms with Crippen LogP contribution in [0.3, 0.4) is 0 Å². The summed E-state index contributed by atoms with van der Waals surface area (Å²) in [5.74, 6) is -0.873. The molecule has 1 aromatic rings. The minimum absolute atomic E-state index is 0.208. The average molecular weight is 408 g/mol. The predicted molar refractivity (Wildman–Crippen MR) is 87.2 cm³/mol. The normalized spacial score (nSPS) is 13.6. The molecule has 0 aliphatic heterocycles. The Morgan fingerprint density at radius 2 is 1.80 bits per heavy atom. The summed E-state index contributed by atoms with van der Waals surface area (Å²) in [4.78, 5) is 23.8. The molecule has 0 saturated heterocycles. The topological polar surface area (TPSA) is 75.3 Å². The van der Waals surface area contributed by atoms with E-state index in [0.29, 0.717) is 6.42 Å². The van der Waals surface area contributed by atoms with Crippen LogP contribution in [0.4, 0.5) is 0 Å². The molecule has 20 heavy (non-hydrogen) atoms. The molecule has 5 nitrogen and oxygen atoms in total. The van der Waals surface area contributed by atoms with Gasteiger partial charge in [0.1, 0.15) is 6.04 Å². The molecule has 0 spiro atoms. The van der Waals surface area contributed by atoms with Crippen molar-refractivity contribution in [3.63, 3.8) is 0 Å². The lowest BCUT2D eigenvalue weighted by atomic mass is 10.0. The van der Waals surface area contributed by atoms with Crippen LogP contribution >= 0.6 is 21.2 Å². The number of carbonyl (C=O) groups excluding carboxylic acids is 2. The Bertz CT molecular complexity index is 494. The molecule has 1 rings (SSSR count). The average Bonchev–Trinajstić information content (AvgIpc) is 2.38. The quantitative estimate of drug-likeness (QED) is 0.554. The third-order valence-electron chi connectivity index (χ3n) is 2.62. The summed E-state index contributed by atoms with van der Waals surface area (Å²) in [6, 6.07) is 8.64. The van der Waals surface area contributed by atoms with Crippen molar-refractivity contribution < 1.29 is 13.8 Å². The van der Waals surface area contributed by atoms with Gasteiger partial charge in [-0.3, -0.25) is 14.3 Å². The van der Waals surface area contributed by atoms with Crippen LogP contribution in [0.15, 0.2) is 30.3 Å². The molecule has 7 heteroatoms.